The molecule has 0 heterocycles. The van der Waals surface area contributed by atoms with E-state index in [1.165, 1.54) is 0 Å². The second-order valence-electron chi connectivity index (χ2n) is 4.57. The second kappa shape index (κ2) is 6.09. The standard InChI is InChI=1S/C16H17BrN2O/c1-3-19(15-7-5-4-6-11(15)2)16(20)12-8-9-13(17)14(18)10-12/h4-10H,3,18H2,1-2H3. The van der Waals surface area contributed by atoms with Crippen molar-refractivity contribution in [3.63, 3.8) is 0 Å². The number of amides is 1. The van der Waals surface area contributed by atoms with Crippen molar-refractivity contribution < 1.29 is 4.79 Å². The van der Waals surface area contributed by atoms with Gasteiger partial charge in [0, 0.05) is 28.0 Å². The number of halogens is 1. The van der Waals surface area contributed by atoms with Crippen LogP contribution in [0.5, 0.6) is 0 Å². The quantitative estimate of drug-likeness (QED) is 0.863. The molecule has 3 nitrogen and oxygen atoms in total. The number of benzene rings is 2. The monoisotopic (exact) mass is 332 g/mol. The van der Waals surface area contributed by atoms with Gasteiger partial charge in [-0.1, -0.05) is 18.2 Å². The normalized spacial score (nSPS) is 10.3. The van der Waals surface area contributed by atoms with Crippen molar-refractivity contribution in [2.24, 2.45) is 0 Å². The van der Waals surface area contributed by atoms with Gasteiger partial charge in [0.15, 0.2) is 0 Å². The summed E-state index contributed by atoms with van der Waals surface area (Å²) in [4.78, 5) is 14.4. The van der Waals surface area contributed by atoms with Crippen LogP contribution in [-0.2, 0) is 0 Å². The molecule has 0 spiro atoms. The van der Waals surface area contributed by atoms with E-state index in [-0.39, 0.29) is 5.91 Å². The van der Waals surface area contributed by atoms with Crippen LogP contribution in [0.15, 0.2) is 46.9 Å². The first-order chi connectivity index (χ1) is 9.54. The Labute approximate surface area is 127 Å². The van der Waals surface area contributed by atoms with Crippen molar-refractivity contribution >= 4 is 33.2 Å². The number of hydrogen-bond donors (Lipinski definition) is 1. The number of nitrogens with zero attached hydrogens (tertiary/aromatic N) is 1. The van der Waals surface area contributed by atoms with Crippen LogP contribution in [0.4, 0.5) is 11.4 Å². The molecule has 1 amide bonds. The Kier molecular flexibility index (Phi) is 4.45. The van der Waals surface area contributed by atoms with Gasteiger partial charge in [-0.25, -0.2) is 0 Å². The molecule has 0 aliphatic rings. The van der Waals surface area contributed by atoms with Gasteiger partial charge in [0.2, 0.25) is 0 Å². The maximum atomic E-state index is 12.6. The Balaban J connectivity index is 2.39. The molecule has 4 heteroatoms. The van der Waals surface area contributed by atoms with Crippen molar-refractivity contribution in [2.75, 3.05) is 17.2 Å². The first-order valence-electron chi connectivity index (χ1n) is 6.47. The Hall–Kier alpha value is -1.81. The number of carbonyl (C=O) groups is 1. The van der Waals surface area contributed by atoms with Crippen LogP contribution in [0.1, 0.15) is 22.8 Å². The minimum Gasteiger partial charge on any atom is -0.398 e. The smallest absolute Gasteiger partial charge is 0.258 e. The van der Waals surface area contributed by atoms with E-state index < -0.39 is 0 Å². The molecule has 0 bridgehead atoms. The van der Waals surface area contributed by atoms with E-state index >= 15 is 0 Å². The van der Waals surface area contributed by atoms with E-state index in [0.717, 1.165) is 15.7 Å². The molecule has 20 heavy (non-hydrogen) atoms. The first-order valence-corrected chi connectivity index (χ1v) is 7.26. The molecule has 0 saturated heterocycles. The van der Waals surface area contributed by atoms with Crippen molar-refractivity contribution in [1.29, 1.82) is 0 Å². The molecule has 0 saturated carbocycles. The minimum absolute atomic E-state index is 0.0407. The lowest BCUT2D eigenvalue weighted by Crippen LogP contribution is -2.31. The predicted octanol–water partition coefficient (Wildman–Crippen LogP) is 4.01. The summed E-state index contributed by atoms with van der Waals surface area (Å²) >= 11 is 3.34. The summed E-state index contributed by atoms with van der Waals surface area (Å²) in [6.45, 7) is 4.58. The minimum atomic E-state index is -0.0407. The maximum absolute atomic E-state index is 12.6. The van der Waals surface area contributed by atoms with Crippen molar-refractivity contribution in [2.45, 2.75) is 13.8 Å². The number of aryl methyl sites for hydroxylation is 1. The molecule has 0 aliphatic carbocycles. The van der Waals surface area contributed by atoms with E-state index in [1.54, 1.807) is 23.1 Å². The number of rotatable bonds is 3. The van der Waals surface area contributed by atoms with Gasteiger partial charge in [-0.15, -0.1) is 0 Å². The molecule has 0 aromatic heterocycles. The lowest BCUT2D eigenvalue weighted by molar-refractivity contribution is 0.0988. The van der Waals surface area contributed by atoms with E-state index in [2.05, 4.69) is 15.9 Å². The third kappa shape index (κ3) is 2.85. The number of hydrogen-bond acceptors (Lipinski definition) is 2. The van der Waals surface area contributed by atoms with Crippen LogP contribution in [0.3, 0.4) is 0 Å². The first kappa shape index (κ1) is 14.6. The van der Waals surface area contributed by atoms with E-state index in [9.17, 15) is 4.79 Å². The van der Waals surface area contributed by atoms with E-state index in [0.29, 0.717) is 17.8 Å². The van der Waals surface area contributed by atoms with Gasteiger partial charge in [0.25, 0.3) is 5.91 Å². The Morgan fingerprint density at radius 2 is 1.95 bits per heavy atom. The van der Waals surface area contributed by atoms with Crippen molar-refractivity contribution in [3.8, 4) is 0 Å². The summed E-state index contributed by atoms with van der Waals surface area (Å²) in [6.07, 6.45) is 0. The fraction of sp³-hybridized carbons (Fsp3) is 0.188. The highest BCUT2D eigenvalue weighted by atomic mass is 79.9. The fourth-order valence-electron chi connectivity index (χ4n) is 2.12. The topological polar surface area (TPSA) is 46.3 Å². The van der Waals surface area contributed by atoms with Crippen LogP contribution in [-0.4, -0.2) is 12.5 Å². The average molecular weight is 333 g/mol. The Bertz CT molecular complexity index is 640. The number of carbonyl (C=O) groups excluding carboxylic acids is 1. The number of nitrogens with two attached hydrogens (primary N) is 1. The zero-order valence-electron chi connectivity index (χ0n) is 11.6. The summed E-state index contributed by atoms with van der Waals surface area (Å²) in [5, 5.41) is 0. The molecule has 0 aliphatic heterocycles. The van der Waals surface area contributed by atoms with Crippen LogP contribution in [0.25, 0.3) is 0 Å². The highest BCUT2D eigenvalue weighted by molar-refractivity contribution is 9.10. The number of nitrogen functional groups attached to an aromatic ring is 1. The van der Waals surface area contributed by atoms with Crippen LogP contribution in [0.2, 0.25) is 0 Å². The molecule has 104 valence electrons. The molecule has 0 radical (unpaired) electrons. The third-order valence-corrected chi connectivity index (χ3v) is 3.93. The van der Waals surface area contributed by atoms with E-state index in [4.69, 9.17) is 5.73 Å². The van der Waals surface area contributed by atoms with Gasteiger partial charge in [-0.2, -0.15) is 0 Å². The van der Waals surface area contributed by atoms with Crippen LogP contribution < -0.4 is 10.6 Å². The lowest BCUT2D eigenvalue weighted by atomic mass is 10.1. The molecule has 2 aromatic carbocycles. The lowest BCUT2D eigenvalue weighted by Gasteiger charge is -2.23. The van der Waals surface area contributed by atoms with Gasteiger partial charge < -0.3 is 10.6 Å². The number of anilines is 2. The summed E-state index contributed by atoms with van der Waals surface area (Å²) in [5.41, 5.74) is 9.02. The molecule has 2 rings (SSSR count). The van der Waals surface area contributed by atoms with Gasteiger partial charge in [0.05, 0.1) is 0 Å². The second-order valence-corrected chi connectivity index (χ2v) is 5.43. The zero-order valence-corrected chi connectivity index (χ0v) is 13.1. The molecule has 2 aromatic rings. The van der Waals surface area contributed by atoms with Crippen LogP contribution in [0, 0.1) is 6.92 Å². The van der Waals surface area contributed by atoms with Gasteiger partial charge in [0.1, 0.15) is 0 Å². The molecule has 0 fully saturated rings. The fourth-order valence-corrected chi connectivity index (χ4v) is 2.37. The predicted molar refractivity (Wildman–Crippen MR) is 87.1 cm³/mol. The molecular weight excluding hydrogens is 316 g/mol. The summed E-state index contributed by atoms with van der Waals surface area (Å²) in [5.74, 6) is -0.0407. The summed E-state index contributed by atoms with van der Waals surface area (Å²) in [7, 11) is 0. The van der Waals surface area contributed by atoms with Crippen LogP contribution >= 0.6 is 15.9 Å². The Morgan fingerprint density at radius 1 is 1.25 bits per heavy atom. The highest BCUT2D eigenvalue weighted by Gasteiger charge is 2.17. The van der Waals surface area contributed by atoms with Gasteiger partial charge in [-0.05, 0) is 59.6 Å². The third-order valence-electron chi connectivity index (χ3n) is 3.21. The summed E-state index contributed by atoms with van der Waals surface area (Å²) < 4.78 is 0.799. The zero-order chi connectivity index (χ0) is 14.7. The molecular formula is C16H17BrN2O. The van der Waals surface area contributed by atoms with E-state index in [1.807, 2.05) is 38.1 Å². The molecule has 2 N–H and O–H groups in total. The average Bonchev–Trinajstić information content (AvgIpc) is 2.44. The van der Waals surface area contributed by atoms with Gasteiger partial charge in [-0.3, -0.25) is 4.79 Å². The SMILES string of the molecule is CCN(C(=O)c1ccc(Br)c(N)c1)c1ccccc1C. The Morgan fingerprint density at radius 3 is 2.55 bits per heavy atom. The maximum Gasteiger partial charge on any atom is 0.258 e. The highest BCUT2D eigenvalue weighted by Crippen LogP contribution is 2.24. The van der Waals surface area contributed by atoms with Crippen molar-refractivity contribution in [3.05, 3.63) is 58.1 Å². The summed E-state index contributed by atoms with van der Waals surface area (Å²) in [6, 6.07) is 13.1. The largest absolute Gasteiger partial charge is 0.398 e. The number of para-hydroxylation sites is 1. The van der Waals surface area contributed by atoms with Gasteiger partial charge >= 0.3 is 0 Å². The molecule has 0 atom stereocenters. The molecule has 0 unspecified atom stereocenters. The van der Waals surface area contributed by atoms with Crippen molar-refractivity contribution in [1.82, 2.24) is 0 Å².